The monoisotopic (exact) mass is 222 g/mol. The molecule has 0 aliphatic carbocycles. The molecule has 0 bridgehead atoms. The summed E-state index contributed by atoms with van der Waals surface area (Å²) in [6.45, 7) is 4.18. The predicted octanol–water partition coefficient (Wildman–Crippen LogP) is 3.58. The van der Waals surface area contributed by atoms with E-state index >= 15 is 0 Å². The van der Waals surface area contributed by atoms with Crippen LogP contribution in [0.25, 0.3) is 4.41 Å². The van der Waals surface area contributed by atoms with Gasteiger partial charge in [-0.15, -0.1) is 0 Å². The molecule has 64 valence electrons. The molecule has 0 unspecified atom stereocenters. The molecule has 0 N–H and O–H groups in total. The second-order valence-electron chi connectivity index (χ2n) is 4.09. The minimum absolute atomic E-state index is 1.32. The van der Waals surface area contributed by atoms with Crippen molar-refractivity contribution in [1.82, 2.24) is 0 Å². The molecule has 0 nitrogen and oxygen atoms in total. The van der Waals surface area contributed by atoms with Crippen LogP contribution in [-0.4, -0.2) is 13.3 Å². The first-order chi connectivity index (χ1) is 5.52. The van der Waals surface area contributed by atoms with Crippen LogP contribution in [0.3, 0.4) is 0 Å². The van der Waals surface area contributed by atoms with E-state index in [-0.39, 0.29) is 0 Å². The fourth-order valence-electron chi connectivity index (χ4n) is 1.07. The van der Waals surface area contributed by atoms with E-state index in [1.807, 2.05) is 6.07 Å². The predicted molar refractivity (Wildman–Crippen MR) is 58.8 cm³/mol. The number of hydrogen-bond donors (Lipinski definition) is 0. The molecule has 0 radical (unpaired) electrons. The zero-order valence-electron chi connectivity index (χ0n) is 8.09. The summed E-state index contributed by atoms with van der Waals surface area (Å²) in [5, 5.41) is 0. The zero-order valence-corrected chi connectivity index (χ0v) is 10.2. The Bertz CT molecular complexity index is 267. The van der Waals surface area contributed by atoms with Crippen LogP contribution in [0.5, 0.6) is 0 Å². The summed E-state index contributed by atoms with van der Waals surface area (Å²) in [4.78, 5) is 0. The van der Waals surface area contributed by atoms with Gasteiger partial charge in [0.05, 0.1) is 0 Å². The van der Waals surface area contributed by atoms with Crippen molar-refractivity contribution in [3.05, 3.63) is 42.5 Å². The molecule has 0 saturated heterocycles. The molecular weight excluding hydrogens is 205 g/mol. The first-order valence-corrected chi connectivity index (χ1v) is 11.6. The Kier molecular flexibility index (Phi) is 2.78. The van der Waals surface area contributed by atoms with Crippen molar-refractivity contribution < 1.29 is 0 Å². The van der Waals surface area contributed by atoms with E-state index in [2.05, 4.69) is 48.1 Å². The molecule has 0 amide bonds. The average molecular weight is 221 g/mol. The summed E-state index contributed by atoms with van der Waals surface area (Å²) in [6, 6.07) is 10.5. The van der Waals surface area contributed by atoms with Crippen molar-refractivity contribution in [1.29, 1.82) is 0 Å². The molecule has 0 aliphatic rings. The first kappa shape index (κ1) is 9.59. The van der Waals surface area contributed by atoms with Crippen LogP contribution in [0, 0.1) is 0 Å². The zero-order chi connectivity index (χ0) is 9.19. The molecule has 0 spiro atoms. The van der Waals surface area contributed by atoms with Crippen molar-refractivity contribution in [2.45, 2.75) is 17.3 Å². The van der Waals surface area contributed by atoms with Gasteiger partial charge in [0.1, 0.15) is 0 Å². The van der Waals surface area contributed by atoms with Gasteiger partial charge in [0, 0.05) is 0 Å². The van der Waals surface area contributed by atoms with Gasteiger partial charge in [-0.2, -0.15) is 0 Å². The minimum atomic E-state index is -1.67. The van der Waals surface area contributed by atoms with Crippen molar-refractivity contribution >= 4 is 17.7 Å². The maximum absolute atomic E-state index is 4.18. The molecule has 0 aromatic heterocycles. The van der Waals surface area contributed by atoms with E-state index in [0.29, 0.717) is 0 Å². The number of rotatable bonds is 2. The molecule has 1 heteroatoms. The number of benzene rings is 1. The van der Waals surface area contributed by atoms with E-state index in [4.69, 9.17) is 0 Å². The van der Waals surface area contributed by atoms with Crippen molar-refractivity contribution in [2.24, 2.45) is 0 Å². The van der Waals surface area contributed by atoms with Crippen LogP contribution in [0.2, 0.25) is 17.3 Å². The maximum atomic E-state index is 4.18. The van der Waals surface area contributed by atoms with Gasteiger partial charge >= 0.3 is 77.4 Å². The Balaban J connectivity index is 2.94. The fraction of sp³-hybridized carbons (Fsp3) is 0.273. The third kappa shape index (κ3) is 2.24. The Morgan fingerprint density at radius 1 is 1.08 bits per heavy atom. The summed E-state index contributed by atoms with van der Waals surface area (Å²) in [7, 11) is 0. The Morgan fingerprint density at radius 3 is 2.00 bits per heavy atom. The van der Waals surface area contributed by atoms with E-state index < -0.39 is 13.3 Å². The summed E-state index contributed by atoms with van der Waals surface area (Å²) in [5.41, 5.74) is 1.32. The van der Waals surface area contributed by atoms with Crippen LogP contribution < -0.4 is 0 Å². The summed E-state index contributed by atoms with van der Waals surface area (Å²) in [5.74, 6) is 7.11. The van der Waals surface area contributed by atoms with Gasteiger partial charge in [-0.1, -0.05) is 0 Å². The van der Waals surface area contributed by atoms with Gasteiger partial charge in [-0.3, -0.25) is 0 Å². The van der Waals surface area contributed by atoms with E-state index in [1.165, 1.54) is 9.97 Å². The second-order valence-corrected chi connectivity index (χ2v) is 14.8. The Labute approximate surface area is 77.7 Å². The van der Waals surface area contributed by atoms with E-state index in [1.54, 1.807) is 0 Å². The Morgan fingerprint density at radius 2 is 1.58 bits per heavy atom. The fourth-order valence-corrected chi connectivity index (χ4v) is 3.24. The SMILES string of the molecule is C=[C](c1ccccc1)[Ge]([CH3])([CH3])[CH3]. The van der Waals surface area contributed by atoms with E-state index in [9.17, 15) is 0 Å². The quantitative estimate of drug-likeness (QED) is 0.669. The van der Waals surface area contributed by atoms with Crippen LogP contribution >= 0.6 is 0 Å². The van der Waals surface area contributed by atoms with Crippen molar-refractivity contribution in [3.8, 4) is 0 Å². The van der Waals surface area contributed by atoms with Crippen LogP contribution in [0.1, 0.15) is 5.56 Å². The normalized spacial score (nSPS) is 11.2. The molecule has 12 heavy (non-hydrogen) atoms. The van der Waals surface area contributed by atoms with Gasteiger partial charge in [0.15, 0.2) is 0 Å². The third-order valence-electron chi connectivity index (χ3n) is 2.03. The molecule has 1 aromatic rings. The van der Waals surface area contributed by atoms with Crippen LogP contribution in [0.15, 0.2) is 36.9 Å². The summed E-state index contributed by atoms with van der Waals surface area (Å²) in [6.07, 6.45) is 0. The van der Waals surface area contributed by atoms with E-state index in [0.717, 1.165) is 0 Å². The van der Waals surface area contributed by atoms with Gasteiger partial charge in [0.2, 0.25) is 0 Å². The Hall–Kier alpha value is -0.497. The molecule has 1 aromatic carbocycles. The van der Waals surface area contributed by atoms with Gasteiger partial charge in [-0.25, -0.2) is 0 Å². The molecule has 0 saturated carbocycles. The van der Waals surface area contributed by atoms with Gasteiger partial charge in [-0.05, 0) is 0 Å². The standard InChI is InChI=1S/C11H16Ge/c1-10(12(2,3)4)11-8-6-5-7-9-11/h5-9H,1H2,2-4H3. The van der Waals surface area contributed by atoms with Crippen LogP contribution in [-0.2, 0) is 0 Å². The molecule has 0 atom stereocenters. The number of hydrogen-bond acceptors (Lipinski definition) is 0. The summed E-state index contributed by atoms with van der Waals surface area (Å²) < 4.78 is 1.38. The van der Waals surface area contributed by atoms with Crippen molar-refractivity contribution in [3.63, 3.8) is 0 Å². The molecule has 0 fully saturated rings. The third-order valence-corrected chi connectivity index (χ3v) is 6.43. The average Bonchev–Trinajstić information content (AvgIpc) is 2.03. The van der Waals surface area contributed by atoms with Crippen LogP contribution in [0.4, 0.5) is 0 Å². The first-order valence-electron chi connectivity index (χ1n) is 4.26. The van der Waals surface area contributed by atoms with Crippen molar-refractivity contribution in [2.75, 3.05) is 0 Å². The van der Waals surface area contributed by atoms with Gasteiger partial charge < -0.3 is 0 Å². The molecule has 0 heterocycles. The molecule has 1 rings (SSSR count). The molecular formula is C11H16Ge. The second kappa shape index (κ2) is 3.48. The topological polar surface area (TPSA) is 0 Å². The summed E-state index contributed by atoms with van der Waals surface area (Å²) >= 11 is -1.67. The van der Waals surface area contributed by atoms with Gasteiger partial charge in [0.25, 0.3) is 0 Å². The molecule has 0 aliphatic heterocycles.